The van der Waals surface area contributed by atoms with Crippen molar-refractivity contribution in [2.75, 3.05) is 14.2 Å². The van der Waals surface area contributed by atoms with Gasteiger partial charge in [-0.25, -0.2) is 0 Å². The zero-order valence-electron chi connectivity index (χ0n) is 5.23. The number of rotatable bonds is 3. The lowest BCUT2D eigenvalue weighted by Gasteiger charge is -2.10. The molecule has 4 heteroatoms. The second-order valence-electron chi connectivity index (χ2n) is 1.30. The van der Waals surface area contributed by atoms with Gasteiger partial charge in [0.15, 0.2) is 6.29 Å². The molecule has 0 atom stereocenters. The molecule has 0 aliphatic carbocycles. The van der Waals surface area contributed by atoms with Crippen molar-refractivity contribution >= 4 is 23.2 Å². The number of halogens is 2. The summed E-state index contributed by atoms with van der Waals surface area (Å²) in [6, 6.07) is 0. The molecule has 0 fully saturated rings. The minimum absolute atomic E-state index is 0.335. The van der Waals surface area contributed by atoms with E-state index in [9.17, 15) is 0 Å². The fourth-order valence-corrected chi connectivity index (χ4v) is 0.654. The minimum atomic E-state index is -0.538. The molecule has 0 aliphatic rings. The summed E-state index contributed by atoms with van der Waals surface area (Å²) in [5.74, 6) is 0. The van der Waals surface area contributed by atoms with Crippen LogP contribution in [0.5, 0.6) is 0 Å². The second-order valence-corrected chi connectivity index (χ2v) is 1.95. The Morgan fingerprint density at radius 1 is 1.44 bits per heavy atom. The Hall–Kier alpha value is 0.240. The van der Waals surface area contributed by atoms with E-state index in [1.807, 2.05) is 0 Å². The average molecular weight is 171 g/mol. The van der Waals surface area contributed by atoms with Gasteiger partial charge in [0.2, 0.25) is 0 Å². The Kier molecular flexibility index (Phi) is 5.19. The van der Waals surface area contributed by atoms with Crippen LogP contribution >= 0.6 is 23.2 Å². The smallest absolute Gasteiger partial charge is 0.194 e. The summed E-state index contributed by atoms with van der Waals surface area (Å²) in [4.78, 5) is 0. The number of ether oxygens (including phenoxy) is 2. The zero-order valence-corrected chi connectivity index (χ0v) is 6.74. The van der Waals surface area contributed by atoms with E-state index in [0.29, 0.717) is 5.03 Å². The fourth-order valence-electron chi connectivity index (χ4n) is 0.373. The van der Waals surface area contributed by atoms with Crippen molar-refractivity contribution in [3.05, 3.63) is 10.6 Å². The number of hydrogen-bond donors (Lipinski definition) is 0. The van der Waals surface area contributed by atoms with Gasteiger partial charge in [-0.1, -0.05) is 23.2 Å². The average Bonchev–Trinajstić information content (AvgIpc) is 1.90. The van der Waals surface area contributed by atoms with Gasteiger partial charge in [0.25, 0.3) is 0 Å². The van der Waals surface area contributed by atoms with Gasteiger partial charge < -0.3 is 9.47 Å². The molecule has 9 heavy (non-hydrogen) atoms. The van der Waals surface area contributed by atoms with Crippen LogP contribution in [0.3, 0.4) is 0 Å². The van der Waals surface area contributed by atoms with Crippen molar-refractivity contribution in [1.29, 1.82) is 0 Å². The Morgan fingerprint density at radius 2 is 1.89 bits per heavy atom. The molecule has 0 unspecified atom stereocenters. The highest BCUT2D eigenvalue weighted by Crippen LogP contribution is 2.12. The summed E-state index contributed by atoms with van der Waals surface area (Å²) < 4.78 is 9.49. The van der Waals surface area contributed by atoms with Gasteiger partial charge in [0, 0.05) is 19.8 Å². The largest absolute Gasteiger partial charge is 0.351 e. The first-order valence-electron chi connectivity index (χ1n) is 2.27. The first kappa shape index (κ1) is 9.24. The molecule has 0 aromatic rings. The molecular weight excluding hydrogens is 163 g/mol. The molecule has 0 aromatic carbocycles. The van der Waals surface area contributed by atoms with Crippen molar-refractivity contribution in [2.24, 2.45) is 0 Å². The number of methoxy groups -OCH3 is 2. The molecule has 0 saturated carbocycles. The van der Waals surface area contributed by atoms with Crippen LogP contribution in [0.2, 0.25) is 0 Å². The maximum absolute atomic E-state index is 5.51. The molecule has 0 amide bonds. The van der Waals surface area contributed by atoms with E-state index in [4.69, 9.17) is 32.7 Å². The molecule has 0 heterocycles. The van der Waals surface area contributed by atoms with Gasteiger partial charge in [0.05, 0.1) is 5.03 Å². The van der Waals surface area contributed by atoms with Gasteiger partial charge in [-0.15, -0.1) is 0 Å². The SMILES string of the molecule is COC(OC)C(Cl)=CCl. The fraction of sp³-hybridized carbons (Fsp3) is 0.600. The standard InChI is InChI=1S/C5H8Cl2O2/c1-8-5(9-2)4(7)3-6/h3,5H,1-2H3. The molecular formula is C5H8Cl2O2. The van der Waals surface area contributed by atoms with Gasteiger partial charge in [-0.2, -0.15) is 0 Å². The molecule has 0 saturated heterocycles. The lowest BCUT2D eigenvalue weighted by atomic mass is 10.6. The van der Waals surface area contributed by atoms with Gasteiger partial charge in [-0.05, 0) is 0 Å². The third kappa shape index (κ3) is 3.06. The summed E-state index contributed by atoms with van der Waals surface area (Å²) in [6.07, 6.45) is -0.538. The van der Waals surface area contributed by atoms with Crippen molar-refractivity contribution in [3.63, 3.8) is 0 Å². The van der Waals surface area contributed by atoms with E-state index in [-0.39, 0.29) is 0 Å². The highest BCUT2D eigenvalue weighted by Gasteiger charge is 2.07. The van der Waals surface area contributed by atoms with Crippen LogP contribution in [0.1, 0.15) is 0 Å². The normalized spacial score (nSPS) is 12.8. The van der Waals surface area contributed by atoms with Crippen LogP contribution in [0, 0.1) is 0 Å². The topological polar surface area (TPSA) is 18.5 Å². The van der Waals surface area contributed by atoms with Gasteiger partial charge in [0.1, 0.15) is 0 Å². The summed E-state index contributed by atoms with van der Waals surface area (Å²) in [5.41, 5.74) is 1.21. The zero-order chi connectivity index (χ0) is 7.28. The van der Waals surface area contributed by atoms with E-state index in [1.54, 1.807) is 0 Å². The maximum atomic E-state index is 5.51. The van der Waals surface area contributed by atoms with Crippen LogP contribution in [-0.2, 0) is 9.47 Å². The Morgan fingerprint density at radius 3 is 2.00 bits per heavy atom. The van der Waals surface area contributed by atoms with E-state index in [2.05, 4.69) is 0 Å². The predicted octanol–water partition coefficient (Wildman–Crippen LogP) is 1.92. The van der Waals surface area contributed by atoms with E-state index in [0.717, 1.165) is 0 Å². The summed E-state index contributed by atoms with van der Waals surface area (Å²) >= 11 is 10.8. The van der Waals surface area contributed by atoms with Gasteiger partial charge in [-0.3, -0.25) is 0 Å². The maximum Gasteiger partial charge on any atom is 0.194 e. The molecule has 0 N–H and O–H groups in total. The lowest BCUT2D eigenvalue weighted by molar-refractivity contribution is -0.0697. The van der Waals surface area contributed by atoms with E-state index >= 15 is 0 Å². The van der Waals surface area contributed by atoms with Crippen LogP contribution in [0.15, 0.2) is 10.6 Å². The number of hydrogen-bond acceptors (Lipinski definition) is 2. The van der Waals surface area contributed by atoms with Crippen molar-refractivity contribution in [1.82, 2.24) is 0 Å². The highest BCUT2D eigenvalue weighted by molar-refractivity contribution is 6.36. The molecule has 0 radical (unpaired) electrons. The molecule has 2 nitrogen and oxygen atoms in total. The van der Waals surface area contributed by atoms with Crippen LogP contribution in [0.25, 0.3) is 0 Å². The molecule has 54 valence electrons. The quantitative estimate of drug-likeness (QED) is 0.604. The Labute approximate surface area is 64.3 Å². The third-order valence-electron chi connectivity index (χ3n) is 0.758. The minimum Gasteiger partial charge on any atom is -0.351 e. The van der Waals surface area contributed by atoms with E-state index in [1.165, 1.54) is 19.8 Å². The molecule has 0 rings (SSSR count). The summed E-state index contributed by atoms with van der Waals surface area (Å²) in [6.45, 7) is 0. The highest BCUT2D eigenvalue weighted by atomic mass is 35.5. The van der Waals surface area contributed by atoms with Crippen molar-refractivity contribution < 1.29 is 9.47 Å². The van der Waals surface area contributed by atoms with Crippen molar-refractivity contribution in [2.45, 2.75) is 6.29 Å². The lowest BCUT2D eigenvalue weighted by Crippen LogP contribution is -2.12. The molecule has 0 spiro atoms. The first-order chi connectivity index (χ1) is 4.26. The first-order valence-corrected chi connectivity index (χ1v) is 3.09. The monoisotopic (exact) mass is 170 g/mol. The van der Waals surface area contributed by atoms with Crippen LogP contribution in [0.4, 0.5) is 0 Å². The van der Waals surface area contributed by atoms with E-state index < -0.39 is 6.29 Å². The molecule has 0 aliphatic heterocycles. The summed E-state index contributed by atoms with van der Waals surface area (Å²) in [5, 5.41) is 0.335. The predicted molar refractivity (Wildman–Crippen MR) is 37.6 cm³/mol. The van der Waals surface area contributed by atoms with Gasteiger partial charge >= 0.3 is 0 Å². The Bertz CT molecular complexity index is 99.1. The van der Waals surface area contributed by atoms with Crippen molar-refractivity contribution in [3.8, 4) is 0 Å². The van der Waals surface area contributed by atoms with Crippen LogP contribution in [-0.4, -0.2) is 20.5 Å². The molecule has 0 bridgehead atoms. The second kappa shape index (κ2) is 5.06. The summed E-state index contributed by atoms with van der Waals surface area (Å²) in [7, 11) is 2.97. The van der Waals surface area contributed by atoms with Crippen LogP contribution < -0.4 is 0 Å². The molecule has 0 aromatic heterocycles. The Balaban J connectivity index is 3.79. The third-order valence-corrected chi connectivity index (χ3v) is 1.39.